The maximum absolute atomic E-state index is 10.5. The highest BCUT2D eigenvalue weighted by Gasteiger charge is 2.14. The van der Waals surface area contributed by atoms with Gasteiger partial charge in [-0.1, -0.05) is 0 Å². The smallest absolute Gasteiger partial charge is 0.209 e. The maximum atomic E-state index is 10.5. The van der Waals surface area contributed by atoms with E-state index in [1.165, 1.54) is 0 Å². The second-order valence-corrected chi connectivity index (χ2v) is 4.87. The molecule has 0 aromatic rings. The molecule has 0 radical (unpaired) electrons. The molecule has 0 spiro atoms. The predicted molar refractivity (Wildman–Crippen MR) is 45.0 cm³/mol. The van der Waals surface area contributed by atoms with Gasteiger partial charge in [0.1, 0.15) is 0 Å². The van der Waals surface area contributed by atoms with E-state index in [2.05, 4.69) is 4.72 Å². The fraction of sp³-hybridized carbons (Fsp3) is 1.00. The molecule has 0 unspecified atom stereocenters. The molecule has 0 aromatic heterocycles. The van der Waals surface area contributed by atoms with Gasteiger partial charge in [-0.2, -0.15) is 0 Å². The lowest BCUT2D eigenvalue weighted by molar-refractivity contribution is 0.495. The van der Waals surface area contributed by atoms with Crippen LogP contribution in [0.2, 0.25) is 0 Å². The Kier molecular flexibility index (Phi) is 4.56. The molecule has 3 nitrogen and oxygen atoms in total. The van der Waals surface area contributed by atoms with Crippen molar-refractivity contribution in [2.75, 3.05) is 6.26 Å². The molecule has 0 heterocycles. The molecule has 10 heavy (non-hydrogen) atoms. The average Bonchev–Trinajstić information content (AvgIpc) is 1.14. The van der Waals surface area contributed by atoms with Crippen molar-refractivity contribution in [3.05, 3.63) is 0 Å². The number of nitrogens with one attached hydrogen (secondary N) is 1. The summed E-state index contributed by atoms with van der Waals surface area (Å²) >= 11 is 0. The van der Waals surface area contributed by atoms with Crippen LogP contribution < -0.4 is 4.72 Å². The lowest BCUT2D eigenvalue weighted by Crippen LogP contribution is -2.39. The van der Waals surface area contributed by atoms with Gasteiger partial charge >= 0.3 is 0 Å². The summed E-state index contributed by atoms with van der Waals surface area (Å²) in [6.45, 7) is 5.40. The quantitative estimate of drug-likeness (QED) is 0.659. The van der Waals surface area contributed by atoms with Crippen LogP contribution in [-0.4, -0.2) is 20.2 Å². The molecule has 0 amide bonds. The van der Waals surface area contributed by atoms with E-state index in [-0.39, 0.29) is 17.9 Å². The normalized spacial score (nSPS) is 12.4. The van der Waals surface area contributed by atoms with Crippen molar-refractivity contribution >= 4 is 22.4 Å². The molecule has 0 rings (SSSR count). The highest BCUT2D eigenvalue weighted by molar-refractivity contribution is 7.88. The van der Waals surface area contributed by atoms with Crippen molar-refractivity contribution in [2.24, 2.45) is 0 Å². The average molecular weight is 188 g/mol. The van der Waals surface area contributed by atoms with Crippen molar-refractivity contribution in [2.45, 2.75) is 26.3 Å². The summed E-state index contributed by atoms with van der Waals surface area (Å²) in [5, 5.41) is 0. The second-order valence-electron chi connectivity index (χ2n) is 3.12. The first-order chi connectivity index (χ1) is 3.71. The highest BCUT2D eigenvalue weighted by Crippen LogP contribution is 1.99. The van der Waals surface area contributed by atoms with Crippen LogP contribution >= 0.6 is 12.4 Å². The molecule has 0 aliphatic carbocycles. The largest absolute Gasteiger partial charge is 0.213 e. The van der Waals surface area contributed by atoms with Gasteiger partial charge in [-0.3, -0.25) is 0 Å². The molecule has 0 aliphatic rings. The Morgan fingerprint density at radius 3 is 1.50 bits per heavy atom. The molecule has 0 aliphatic heterocycles. The fourth-order valence-electron chi connectivity index (χ4n) is 0.556. The monoisotopic (exact) mass is 187 g/mol. The van der Waals surface area contributed by atoms with Gasteiger partial charge in [0.15, 0.2) is 0 Å². The standard InChI is InChI=1S/C5H13NO2S.ClH/c1-5(2,3)6-9(4,7)8;/h6H,1-4H3;1H. The van der Waals surface area contributed by atoms with Crippen molar-refractivity contribution in [3.8, 4) is 0 Å². The summed E-state index contributed by atoms with van der Waals surface area (Å²) in [5.74, 6) is 0. The maximum Gasteiger partial charge on any atom is 0.209 e. The molecule has 0 fully saturated rings. The third-order valence-corrected chi connectivity index (χ3v) is 1.47. The summed E-state index contributed by atoms with van der Waals surface area (Å²) in [4.78, 5) is 0. The van der Waals surface area contributed by atoms with Gasteiger partial charge in [0.05, 0.1) is 6.26 Å². The minimum Gasteiger partial charge on any atom is -0.213 e. The molecule has 0 saturated heterocycles. The van der Waals surface area contributed by atoms with Gasteiger partial charge in [-0.25, -0.2) is 13.1 Å². The zero-order valence-corrected chi connectivity index (χ0v) is 8.27. The number of sulfonamides is 1. The lowest BCUT2D eigenvalue weighted by atomic mass is 10.1. The Balaban J connectivity index is 0. The first kappa shape index (κ1) is 12.8. The summed E-state index contributed by atoms with van der Waals surface area (Å²) in [7, 11) is -3.03. The van der Waals surface area contributed by atoms with Crippen LogP contribution in [0.1, 0.15) is 20.8 Å². The van der Waals surface area contributed by atoms with Gasteiger partial charge in [0.25, 0.3) is 0 Å². The van der Waals surface area contributed by atoms with Crippen molar-refractivity contribution in [1.29, 1.82) is 0 Å². The first-order valence-electron chi connectivity index (χ1n) is 2.70. The van der Waals surface area contributed by atoms with E-state index in [0.29, 0.717) is 0 Å². The van der Waals surface area contributed by atoms with Crippen LogP contribution in [0, 0.1) is 0 Å². The number of rotatable bonds is 1. The van der Waals surface area contributed by atoms with Crippen molar-refractivity contribution < 1.29 is 8.42 Å². The van der Waals surface area contributed by atoms with E-state index < -0.39 is 10.0 Å². The molecule has 0 saturated carbocycles. The van der Waals surface area contributed by atoms with Crippen molar-refractivity contribution in [1.82, 2.24) is 4.72 Å². The van der Waals surface area contributed by atoms with Gasteiger partial charge in [0, 0.05) is 5.54 Å². The summed E-state index contributed by atoms with van der Waals surface area (Å²) in [6.07, 6.45) is 1.15. The van der Waals surface area contributed by atoms with Gasteiger partial charge in [-0.05, 0) is 20.8 Å². The first-order valence-corrected chi connectivity index (χ1v) is 4.59. The van der Waals surface area contributed by atoms with Gasteiger partial charge in [-0.15, -0.1) is 12.4 Å². The Labute approximate surface area is 68.7 Å². The molecule has 0 atom stereocenters. The van der Waals surface area contributed by atoms with Gasteiger partial charge in [0.2, 0.25) is 10.0 Å². The Morgan fingerprint density at radius 2 is 1.50 bits per heavy atom. The molecule has 0 bridgehead atoms. The predicted octanol–water partition coefficient (Wildman–Crippen LogP) is 0.756. The van der Waals surface area contributed by atoms with Crippen LogP contribution in [0.4, 0.5) is 0 Å². The number of halogens is 1. The molecule has 0 aromatic carbocycles. The minimum absolute atomic E-state index is 0. The highest BCUT2D eigenvalue weighted by atomic mass is 35.5. The van der Waals surface area contributed by atoms with Crippen LogP contribution in [0.5, 0.6) is 0 Å². The van der Waals surface area contributed by atoms with Crippen LogP contribution in [0.3, 0.4) is 0 Å². The topological polar surface area (TPSA) is 46.2 Å². The zero-order valence-electron chi connectivity index (χ0n) is 6.63. The summed E-state index contributed by atoms with van der Waals surface area (Å²) < 4.78 is 23.5. The molecule has 5 heteroatoms. The molecule has 64 valence electrons. The summed E-state index contributed by atoms with van der Waals surface area (Å²) in [6, 6.07) is 0. The van der Waals surface area contributed by atoms with E-state index in [1.54, 1.807) is 20.8 Å². The Hall–Kier alpha value is 0.200. The van der Waals surface area contributed by atoms with E-state index in [0.717, 1.165) is 6.26 Å². The van der Waals surface area contributed by atoms with E-state index in [1.807, 2.05) is 0 Å². The molecular formula is C5H14ClNO2S. The van der Waals surface area contributed by atoms with Crippen LogP contribution in [0.15, 0.2) is 0 Å². The van der Waals surface area contributed by atoms with Crippen LogP contribution in [-0.2, 0) is 10.0 Å². The van der Waals surface area contributed by atoms with Gasteiger partial charge < -0.3 is 0 Å². The summed E-state index contributed by atoms with van der Waals surface area (Å²) in [5.41, 5.74) is -0.354. The number of hydrogen-bond donors (Lipinski definition) is 1. The van der Waals surface area contributed by atoms with Crippen LogP contribution in [0.25, 0.3) is 0 Å². The van der Waals surface area contributed by atoms with E-state index >= 15 is 0 Å². The second kappa shape index (κ2) is 3.55. The fourth-order valence-corrected chi connectivity index (χ4v) is 1.67. The minimum atomic E-state index is -3.03. The van der Waals surface area contributed by atoms with E-state index in [9.17, 15) is 8.42 Å². The zero-order chi connectivity index (χ0) is 7.71. The molecular weight excluding hydrogens is 174 g/mol. The molecule has 1 N–H and O–H groups in total. The Bertz CT molecular complexity index is 180. The van der Waals surface area contributed by atoms with E-state index in [4.69, 9.17) is 0 Å². The van der Waals surface area contributed by atoms with Crippen molar-refractivity contribution in [3.63, 3.8) is 0 Å². The SMILES string of the molecule is CC(C)(C)NS(C)(=O)=O.Cl. The third kappa shape index (κ3) is 11.1. The lowest BCUT2D eigenvalue weighted by Gasteiger charge is -2.17. The number of hydrogen-bond acceptors (Lipinski definition) is 2. The third-order valence-electron chi connectivity index (χ3n) is 0.492. The Morgan fingerprint density at radius 1 is 1.20 bits per heavy atom.